The van der Waals surface area contributed by atoms with Crippen molar-refractivity contribution in [2.75, 3.05) is 23.3 Å². The van der Waals surface area contributed by atoms with Crippen LogP contribution in [-0.2, 0) is 4.79 Å². The molecule has 1 amide bonds. The maximum Gasteiger partial charge on any atom is 0.224 e. The predicted molar refractivity (Wildman–Crippen MR) is 135 cm³/mol. The number of hydrogen-bond acceptors (Lipinski definition) is 7. The Morgan fingerprint density at radius 1 is 1.06 bits per heavy atom. The zero-order valence-electron chi connectivity index (χ0n) is 19.3. The lowest BCUT2D eigenvalue weighted by Crippen LogP contribution is -2.23. The van der Waals surface area contributed by atoms with Crippen LogP contribution in [0.1, 0.15) is 18.7 Å². The molecule has 3 aromatic heterocycles. The van der Waals surface area contributed by atoms with Gasteiger partial charge in [0.25, 0.3) is 0 Å². The summed E-state index contributed by atoms with van der Waals surface area (Å²) in [5.74, 6) is 1.79. The minimum Gasteiger partial charge on any atom is -0.450 e. The van der Waals surface area contributed by atoms with Crippen molar-refractivity contribution < 1.29 is 9.21 Å². The number of fused-ring (bicyclic) bond motifs is 3. The lowest BCUT2D eigenvalue weighted by atomic mass is 10.0. The minimum absolute atomic E-state index is 0.0166. The standard InChI is InChI=1S/C27H24N6O2/c1-17-30-25-22-4-2-3-5-23(22)35-26(25)27(31-17)33-13-11-18(16-33)14-24(34)32-21-8-6-19(7-9-21)20-10-12-28-29-15-20/h2-10,12,15,18H,11,13-14,16H2,1H3,(H,32,34)/t18-/m1/s1. The summed E-state index contributed by atoms with van der Waals surface area (Å²) >= 11 is 0. The fourth-order valence-electron chi connectivity index (χ4n) is 4.77. The molecule has 8 nitrogen and oxygen atoms in total. The van der Waals surface area contributed by atoms with E-state index in [1.54, 1.807) is 12.4 Å². The summed E-state index contributed by atoms with van der Waals surface area (Å²) in [6.07, 6.45) is 4.77. The highest BCUT2D eigenvalue weighted by atomic mass is 16.3. The first kappa shape index (κ1) is 21.2. The molecule has 0 radical (unpaired) electrons. The highest BCUT2D eigenvalue weighted by Gasteiger charge is 2.28. The molecular weight excluding hydrogens is 440 g/mol. The number of benzene rings is 2. The number of nitrogens with one attached hydrogen (secondary N) is 1. The topological polar surface area (TPSA) is 97.0 Å². The van der Waals surface area contributed by atoms with Gasteiger partial charge >= 0.3 is 0 Å². The molecule has 0 spiro atoms. The van der Waals surface area contributed by atoms with Crippen LogP contribution in [0.3, 0.4) is 0 Å². The Bertz CT molecular complexity index is 1510. The molecule has 1 saturated heterocycles. The highest BCUT2D eigenvalue weighted by molar-refractivity contribution is 6.05. The predicted octanol–water partition coefficient (Wildman–Crippen LogP) is 5.00. The summed E-state index contributed by atoms with van der Waals surface area (Å²) < 4.78 is 6.13. The quantitative estimate of drug-likeness (QED) is 0.391. The Morgan fingerprint density at radius 2 is 1.91 bits per heavy atom. The van der Waals surface area contributed by atoms with E-state index in [0.717, 1.165) is 58.6 Å². The Hall–Kier alpha value is -4.33. The van der Waals surface area contributed by atoms with Crippen molar-refractivity contribution in [1.29, 1.82) is 0 Å². The molecule has 1 N–H and O–H groups in total. The van der Waals surface area contributed by atoms with E-state index in [0.29, 0.717) is 17.8 Å². The van der Waals surface area contributed by atoms with E-state index in [9.17, 15) is 4.79 Å². The lowest BCUT2D eigenvalue weighted by molar-refractivity contribution is -0.116. The number of rotatable bonds is 5. The molecule has 6 rings (SSSR count). The SMILES string of the molecule is Cc1nc(N2CC[C@H](CC(=O)Nc3ccc(-c4ccnnc4)cc3)C2)c2oc3ccccc3c2n1. The average Bonchev–Trinajstić information content (AvgIpc) is 3.49. The second-order valence-corrected chi connectivity index (χ2v) is 8.93. The van der Waals surface area contributed by atoms with Gasteiger partial charge in [-0.3, -0.25) is 4.79 Å². The van der Waals surface area contributed by atoms with E-state index in [2.05, 4.69) is 25.4 Å². The number of hydrogen-bond donors (Lipinski definition) is 1. The second kappa shape index (κ2) is 8.79. The van der Waals surface area contributed by atoms with Crippen LogP contribution in [0.5, 0.6) is 0 Å². The Labute approximate surface area is 202 Å². The number of carbonyl (C=O) groups excluding carboxylic acids is 1. The number of aryl methyl sites for hydroxylation is 1. The molecule has 4 heterocycles. The van der Waals surface area contributed by atoms with Gasteiger partial charge in [-0.2, -0.15) is 10.2 Å². The zero-order chi connectivity index (χ0) is 23.8. The lowest BCUT2D eigenvalue weighted by Gasteiger charge is -2.18. The van der Waals surface area contributed by atoms with Crippen LogP contribution in [0.4, 0.5) is 11.5 Å². The van der Waals surface area contributed by atoms with Crippen molar-refractivity contribution in [1.82, 2.24) is 20.2 Å². The van der Waals surface area contributed by atoms with E-state index < -0.39 is 0 Å². The number of amides is 1. The fourth-order valence-corrected chi connectivity index (χ4v) is 4.77. The van der Waals surface area contributed by atoms with Gasteiger partial charge in [-0.05, 0) is 55.2 Å². The molecule has 0 aliphatic carbocycles. The number of carbonyl (C=O) groups is 1. The number of aromatic nitrogens is 4. The Morgan fingerprint density at radius 3 is 2.74 bits per heavy atom. The van der Waals surface area contributed by atoms with Crippen LogP contribution in [0.15, 0.2) is 71.4 Å². The van der Waals surface area contributed by atoms with Crippen LogP contribution in [-0.4, -0.2) is 39.2 Å². The smallest absolute Gasteiger partial charge is 0.224 e. The van der Waals surface area contributed by atoms with Crippen LogP contribution >= 0.6 is 0 Å². The van der Waals surface area contributed by atoms with Crippen molar-refractivity contribution in [3.8, 4) is 11.1 Å². The van der Waals surface area contributed by atoms with Crippen LogP contribution in [0.25, 0.3) is 33.2 Å². The first-order chi connectivity index (χ1) is 17.1. The van der Waals surface area contributed by atoms with E-state index in [4.69, 9.17) is 9.40 Å². The van der Waals surface area contributed by atoms with Gasteiger partial charge in [0.15, 0.2) is 11.4 Å². The second-order valence-electron chi connectivity index (χ2n) is 8.93. The monoisotopic (exact) mass is 464 g/mol. The number of para-hydroxylation sites is 1. The van der Waals surface area contributed by atoms with Crippen molar-refractivity contribution in [2.24, 2.45) is 5.92 Å². The molecule has 1 fully saturated rings. The molecule has 1 atom stereocenters. The molecular formula is C27H24N6O2. The molecule has 35 heavy (non-hydrogen) atoms. The van der Waals surface area contributed by atoms with Gasteiger partial charge in [0, 0.05) is 36.1 Å². The molecule has 2 aromatic carbocycles. The first-order valence-electron chi connectivity index (χ1n) is 11.7. The third-order valence-electron chi connectivity index (χ3n) is 6.46. The fraction of sp³-hybridized carbons (Fsp3) is 0.222. The number of anilines is 2. The normalized spacial score (nSPS) is 15.7. The molecule has 0 bridgehead atoms. The van der Waals surface area contributed by atoms with Gasteiger partial charge in [-0.15, -0.1) is 0 Å². The van der Waals surface area contributed by atoms with Crippen molar-refractivity contribution >= 4 is 39.5 Å². The van der Waals surface area contributed by atoms with E-state index in [-0.39, 0.29) is 11.8 Å². The van der Waals surface area contributed by atoms with Crippen molar-refractivity contribution in [3.05, 3.63) is 72.8 Å². The molecule has 174 valence electrons. The first-order valence-corrected chi connectivity index (χ1v) is 11.7. The van der Waals surface area contributed by atoms with Gasteiger partial charge in [0.1, 0.15) is 16.9 Å². The maximum atomic E-state index is 12.8. The largest absolute Gasteiger partial charge is 0.450 e. The zero-order valence-corrected chi connectivity index (χ0v) is 19.3. The number of furan rings is 1. The third-order valence-corrected chi connectivity index (χ3v) is 6.46. The molecule has 8 heteroatoms. The van der Waals surface area contributed by atoms with Gasteiger partial charge in [-0.25, -0.2) is 9.97 Å². The Kier molecular flexibility index (Phi) is 5.33. The van der Waals surface area contributed by atoms with Gasteiger partial charge in [-0.1, -0.05) is 24.3 Å². The van der Waals surface area contributed by atoms with Crippen LogP contribution in [0.2, 0.25) is 0 Å². The molecule has 5 aromatic rings. The summed E-state index contributed by atoms with van der Waals surface area (Å²) in [5.41, 5.74) is 5.17. The van der Waals surface area contributed by atoms with Gasteiger partial charge < -0.3 is 14.6 Å². The minimum atomic E-state index is 0.0166. The van der Waals surface area contributed by atoms with Crippen molar-refractivity contribution in [2.45, 2.75) is 19.8 Å². The van der Waals surface area contributed by atoms with Crippen molar-refractivity contribution in [3.63, 3.8) is 0 Å². The molecule has 0 saturated carbocycles. The van der Waals surface area contributed by atoms with Crippen LogP contribution in [0, 0.1) is 12.8 Å². The summed E-state index contributed by atoms with van der Waals surface area (Å²) in [7, 11) is 0. The summed E-state index contributed by atoms with van der Waals surface area (Å²) in [6.45, 7) is 3.49. The number of nitrogens with zero attached hydrogens (tertiary/aromatic N) is 5. The molecule has 1 aliphatic heterocycles. The van der Waals surface area contributed by atoms with E-state index in [1.165, 1.54) is 0 Å². The summed E-state index contributed by atoms with van der Waals surface area (Å²) in [4.78, 5) is 24.3. The van der Waals surface area contributed by atoms with Gasteiger partial charge in [0.2, 0.25) is 5.91 Å². The maximum absolute atomic E-state index is 12.8. The molecule has 1 aliphatic rings. The Balaban J connectivity index is 1.13. The highest BCUT2D eigenvalue weighted by Crippen LogP contribution is 2.35. The third kappa shape index (κ3) is 4.19. The molecule has 0 unspecified atom stereocenters. The van der Waals surface area contributed by atoms with Gasteiger partial charge in [0.05, 0.1) is 12.4 Å². The van der Waals surface area contributed by atoms with Crippen LogP contribution < -0.4 is 10.2 Å². The summed E-state index contributed by atoms with van der Waals surface area (Å²) in [6, 6.07) is 17.6. The van der Waals surface area contributed by atoms with E-state index in [1.807, 2.05) is 61.5 Å². The van der Waals surface area contributed by atoms with E-state index >= 15 is 0 Å². The summed E-state index contributed by atoms with van der Waals surface area (Å²) in [5, 5.41) is 11.7. The average molecular weight is 465 g/mol.